The molecule has 0 saturated heterocycles. The molecule has 1 rings (SSSR count). The topological polar surface area (TPSA) is 75.6 Å². The molecule has 0 spiro atoms. The molecule has 1 atom stereocenters. The molecule has 0 bridgehead atoms. The largest absolute Gasteiger partial charge is 0.480 e. The second kappa shape index (κ2) is 4.08. The van der Waals surface area contributed by atoms with Gasteiger partial charge in [-0.2, -0.15) is 0 Å². The van der Waals surface area contributed by atoms with E-state index >= 15 is 0 Å². The Bertz CT molecular complexity index is 265. The number of alkyl carbamates (subject to hydrolysis) is 1. The first-order valence-corrected chi connectivity index (χ1v) is 5.00. The molecule has 0 heterocycles. The monoisotopic (exact) mass is 215 g/mol. The van der Waals surface area contributed by atoms with Crippen LogP contribution in [0.15, 0.2) is 0 Å². The third-order valence-electron chi connectivity index (χ3n) is 2.17. The van der Waals surface area contributed by atoms with E-state index in [1.807, 2.05) is 0 Å². The molecule has 15 heavy (non-hydrogen) atoms. The molecule has 1 saturated carbocycles. The SMILES string of the molecule is CC(C)(C)C(NC(=O)OC1CC1)C(=O)O. The summed E-state index contributed by atoms with van der Waals surface area (Å²) in [5.74, 6) is -1.05. The Morgan fingerprint density at radius 1 is 1.40 bits per heavy atom. The highest BCUT2D eigenvalue weighted by atomic mass is 16.6. The molecule has 86 valence electrons. The Labute approximate surface area is 88.8 Å². The zero-order chi connectivity index (χ0) is 11.6. The van der Waals surface area contributed by atoms with E-state index in [0.29, 0.717) is 0 Å². The molecule has 1 aliphatic carbocycles. The number of amides is 1. The van der Waals surface area contributed by atoms with Gasteiger partial charge >= 0.3 is 12.1 Å². The van der Waals surface area contributed by atoms with Crippen LogP contribution in [0.2, 0.25) is 0 Å². The molecule has 5 nitrogen and oxygen atoms in total. The first-order valence-electron chi connectivity index (χ1n) is 5.00. The number of aliphatic carboxylic acids is 1. The van der Waals surface area contributed by atoms with E-state index < -0.39 is 23.5 Å². The standard InChI is InChI=1S/C10H17NO4/c1-10(2,3)7(8(12)13)11-9(14)15-6-4-5-6/h6-7H,4-5H2,1-3H3,(H,11,14)(H,12,13). The van der Waals surface area contributed by atoms with Crippen LogP contribution in [-0.2, 0) is 9.53 Å². The smallest absolute Gasteiger partial charge is 0.408 e. The van der Waals surface area contributed by atoms with E-state index in [-0.39, 0.29) is 6.10 Å². The molecular formula is C10H17NO4. The van der Waals surface area contributed by atoms with Gasteiger partial charge in [0.25, 0.3) is 0 Å². The van der Waals surface area contributed by atoms with E-state index in [2.05, 4.69) is 5.32 Å². The van der Waals surface area contributed by atoms with E-state index in [9.17, 15) is 9.59 Å². The number of carboxylic acids is 1. The summed E-state index contributed by atoms with van der Waals surface area (Å²) in [5, 5.41) is 11.3. The Morgan fingerprint density at radius 2 is 1.93 bits per heavy atom. The summed E-state index contributed by atoms with van der Waals surface area (Å²) in [6.45, 7) is 5.26. The minimum Gasteiger partial charge on any atom is -0.480 e. The number of hydrogen-bond acceptors (Lipinski definition) is 3. The Balaban J connectivity index is 2.49. The van der Waals surface area contributed by atoms with Crippen LogP contribution in [-0.4, -0.2) is 29.3 Å². The molecule has 1 unspecified atom stereocenters. The number of nitrogens with one attached hydrogen (secondary N) is 1. The lowest BCUT2D eigenvalue weighted by Gasteiger charge is -2.27. The summed E-state index contributed by atoms with van der Waals surface area (Å²) in [6.07, 6.45) is 1.10. The lowest BCUT2D eigenvalue weighted by Crippen LogP contribution is -2.49. The lowest BCUT2D eigenvalue weighted by molar-refractivity contribution is -0.142. The summed E-state index contributed by atoms with van der Waals surface area (Å²) in [4.78, 5) is 22.2. The zero-order valence-corrected chi connectivity index (χ0v) is 9.24. The van der Waals surface area contributed by atoms with Gasteiger partial charge in [-0.3, -0.25) is 0 Å². The van der Waals surface area contributed by atoms with Crippen molar-refractivity contribution in [2.24, 2.45) is 5.41 Å². The quantitative estimate of drug-likeness (QED) is 0.745. The Kier molecular flexibility index (Phi) is 3.21. The number of hydrogen-bond donors (Lipinski definition) is 2. The van der Waals surface area contributed by atoms with E-state index in [4.69, 9.17) is 9.84 Å². The second-order valence-electron chi connectivity index (χ2n) is 4.89. The van der Waals surface area contributed by atoms with Gasteiger partial charge in [-0.05, 0) is 18.3 Å². The molecule has 0 aromatic heterocycles. The van der Waals surface area contributed by atoms with Crippen molar-refractivity contribution in [3.63, 3.8) is 0 Å². The van der Waals surface area contributed by atoms with Gasteiger partial charge < -0.3 is 15.2 Å². The molecule has 1 fully saturated rings. The minimum atomic E-state index is -1.05. The first kappa shape index (κ1) is 11.8. The van der Waals surface area contributed by atoms with Crippen LogP contribution in [0, 0.1) is 5.41 Å². The van der Waals surface area contributed by atoms with Gasteiger partial charge in [-0.25, -0.2) is 9.59 Å². The summed E-state index contributed by atoms with van der Waals surface area (Å²) < 4.78 is 4.92. The van der Waals surface area contributed by atoms with Crippen LogP contribution in [0.1, 0.15) is 33.6 Å². The fraction of sp³-hybridized carbons (Fsp3) is 0.800. The van der Waals surface area contributed by atoms with Crippen LogP contribution in [0.4, 0.5) is 4.79 Å². The maximum atomic E-state index is 11.3. The third kappa shape index (κ3) is 3.77. The molecule has 1 aliphatic rings. The summed E-state index contributed by atoms with van der Waals surface area (Å²) in [5.41, 5.74) is -0.533. The number of ether oxygens (including phenoxy) is 1. The maximum absolute atomic E-state index is 11.3. The van der Waals surface area contributed by atoms with Crippen LogP contribution < -0.4 is 5.32 Å². The molecule has 1 amide bonds. The van der Waals surface area contributed by atoms with Crippen molar-refractivity contribution in [3.8, 4) is 0 Å². The molecule has 5 heteroatoms. The highest BCUT2D eigenvalue weighted by Gasteiger charge is 2.34. The average Bonchev–Trinajstić information content (AvgIpc) is 2.81. The summed E-state index contributed by atoms with van der Waals surface area (Å²) in [6, 6.07) is -0.927. The predicted octanol–water partition coefficient (Wildman–Crippen LogP) is 1.37. The van der Waals surface area contributed by atoms with Crippen molar-refractivity contribution in [2.75, 3.05) is 0 Å². The molecule has 0 aliphatic heterocycles. The van der Waals surface area contributed by atoms with Crippen LogP contribution in [0.25, 0.3) is 0 Å². The first-order chi connectivity index (χ1) is 6.80. The normalized spacial score (nSPS) is 18.1. The van der Waals surface area contributed by atoms with Crippen molar-refractivity contribution < 1.29 is 19.4 Å². The van der Waals surface area contributed by atoms with Gasteiger partial charge in [0.1, 0.15) is 12.1 Å². The highest BCUT2D eigenvalue weighted by molar-refractivity contribution is 5.80. The van der Waals surface area contributed by atoms with Crippen molar-refractivity contribution in [1.82, 2.24) is 5.32 Å². The van der Waals surface area contributed by atoms with Crippen LogP contribution in [0.3, 0.4) is 0 Å². The fourth-order valence-corrected chi connectivity index (χ4v) is 1.14. The van der Waals surface area contributed by atoms with Crippen molar-refractivity contribution in [2.45, 2.75) is 45.8 Å². The summed E-state index contributed by atoms with van der Waals surface area (Å²) in [7, 11) is 0. The summed E-state index contributed by atoms with van der Waals surface area (Å²) >= 11 is 0. The molecule has 0 aromatic rings. The van der Waals surface area contributed by atoms with Gasteiger partial charge in [-0.1, -0.05) is 20.8 Å². The minimum absolute atomic E-state index is 0.0144. The van der Waals surface area contributed by atoms with Crippen LogP contribution >= 0.6 is 0 Å². The fourth-order valence-electron chi connectivity index (χ4n) is 1.14. The van der Waals surface area contributed by atoms with Crippen molar-refractivity contribution in [3.05, 3.63) is 0 Å². The predicted molar refractivity (Wildman–Crippen MR) is 53.5 cm³/mol. The highest BCUT2D eigenvalue weighted by Crippen LogP contribution is 2.24. The van der Waals surface area contributed by atoms with E-state index in [0.717, 1.165) is 12.8 Å². The van der Waals surface area contributed by atoms with Gasteiger partial charge in [-0.15, -0.1) is 0 Å². The van der Waals surface area contributed by atoms with Crippen molar-refractivity contribution in [1.29, 1.82) is 0 Å². The Hall–Kier alpha value is -1.26. The van der Waals surface area contributed by atoms with E-state index in [1.54, 1.807) is 20.8 Å². The number of carboxylic acid groups (broad SMARTS) is 1. The number of carbonyl (C=O) groups excluding carboxylic acids is 1. The zero-order valence-electron chi connectivity index (χ0n) is 9.24. The number of rotatable bonds is 3. The molecule has 2 N–H and O–H groups in total. The van der Waals surface area contributed by atoms with Gasteiger partial charge in [0.15, 0.2) is 0 Å². The van der Waals surface area contributed by atoms with Crippen LogP contribution in [0.5, 0.6) is 0 Å². The Morgan fingerprint density at radius 3 is 2.27 bits per heavy atom. The molecule has 0 radical (unpaired) electrons. The molecular weight excluding hydrogens is 198 g/mol. The average molecular weight is 215 g/mol. The number of carbonyl (C=O) groups is 2. The van der Waals surface area contributed by atoms with Gasteiger partial charge in [0, 0.05) is 0 Å². The lowest BCUT2D eigenvalue weighted by atomic mass is 9.87. The third-order valence-corrected chi connectivity index (χ3v) is 2.17. The molecule has 0 aromatic carbocycles. The van der Waals surface area contributed by atoms with Gasteiger partial charge in [0.2, 0.25) is 0 Å². The second-order valence-corrected chi connectivity index (χ2v) is 4.89. The van der Waals surface area contributed by atoms with Crippen molar-refractivity contribution >= 4 is 12.1 Å². The van der Waals surface area contributed by atoms with E-state index in [1.165, 1.54) is 0 Å². The maximum Gasteiger partial charge on any atom is 0.408 e. The van der Waals surface area contributed by atoms with Gasteiger partial charge in [0.05, 0.1) is 0 Å².